The van der Waals surface area contributed by atoms with E-state index in [1.165, 1.54) is 0 Å². The van der Waals surface area contributed by atoms with Crippen molar-refractivity contribution in [2.45, 2.75) is 39.7 Å². The van der Waals surface area contributed by atoms with Crippen LogP contribution in [0.15, 0.2) is 35.5 Å². The zero-order chi connectivity index (χ0) is 16.6. The zero-order valence-corrected chi connectivity index (χ0v) is 13.8. The molecule has 0 aliphatic carbocycles. The Morgan fingerprint density at radius 3 is 2.33 bits per heavy atom. The molecule has 4 N–H and O–H groups in total. The fraction of sp³-hybridized carbons (Fsp3) is 0.533. The topological polar surface area (TPSA) is 104 Å². The van der Waals surface area contributed by atoms with Gasteiger partial charge in [-0.3, -0.25) is 9.57 Å². The van der Waals surface area contributed by atoms with Gasteiger partial charge in [-0.15, -0.1) is 0 Å². The molecule has 0 bridgehead atoms. The predicted octanol–water partition coefficient (Wildman–Crippen LogP) is 2.69. The lowest BCUT2D eigenvalue weighted by atomic mass is 10.1. The minimum atomic E-state index is -2.81. The molecule has 120 valence electrons. The lowest BCUT2D eigenvalue weighted by Gasteiger charge is -2.11. The number of carboxylic acid groups (broad SMARTS) is 1. The van der Waals surface area contributed by atoms with Gasteiger partial charge in [0.1, 0.15) is 6.04 Å². The highest BCUT2D eigenvalue weighted by atomic mass is 32.2. The van der Waals surface area contributed by atoms with Crippen LogP contribution in [-0.2, 0) is 14.5 Å². The highest BCUT2D eigenvalue weighted by Crippen LogP contribution is 2.14. The maximum absolute atomic E-state index is 12.1. The Balaban J connectivity index is 4.63. The van der Waals surface area contributed by atoms with Gasteiger partial charge >= 0.3 is 5.97 Å². The first-order valence-corrected chi connectivity index (χ1v) is 8.67. The highest BCUT2D eigenvalue weighted by molar-refractivity contribution is 7.92. The Labute approximate surface area is 127 Å². The van der Waals surface area contributed by atoms with Crippen LogP contribution in [0.4, 0.5) is 0 Å². The van der Waals surface area contributed by atoms with Crippen molar-refractivity contribution in [3.05, 3.63) is 35.5 Å². The second-order valence-electron chi connectivity index (χ2n) is 5.41. The van der Waals surface area contributed by atoms with Gasteiger partial charge in [-0.1, -0.05) is 29.9 Å². The van der Waals surface area contributed by atoms with Crippen LogP contribution < -0.4 is 5.73 Å². The molecule has 0 spiro atoms. The molecule has 2 atom stereocenters. The molecule has 0 fully saturated rings. The molecule has 0 saturated carbocycles. The van der Waals surface area contributed by atoms with E-state index in [0.717, 1.165) is 16.7 Å². The lowest BCUT2D eigenvalue weighted by molar-refractivity contribution is -0.138. The van der Waals surface area contributed by atoms with E-state index in [0.29, 0.717) is 6.42 Å². The third-order valence-electron chi connectivity index (χ3n) is 2.99. The summed E-state index contributed by atoms with van der Waals surface area (Å²) in [6.45, 7) is 9.60. The van der Waals surface area contributed by atoms with Crippen LogP contribution >= 0.6 is 0 Å². The van der Waals surface area contributed by atoms with Crippen LogP contribution in [0.5, 0.6) is 0 Å². The summed E-state index contributed by atoms with van der Waals surface area (Å²) < 4.78 is 20.0. The van der Waals surface area contributed by atoms with Crippen LogP contribution in [0.1, 0.15) is 33.6 Å². The van der Waals surface area contributed by atoms with E-state index in [-0.39, 0.29) is 17.9 Å². The van der Waals surface area contributed by atoms with Gasteiger partial charge in [0, 0.05) is 21.2 Å². The largest absolute Gasteiger partial charge is 0.480 e. The molecule has 0 rings (SSSR count). The van der Waals surface area contributed by atoms with Crippen molar-refractivity contribution in [3.63, 3.8) is 0 Å². The molecule has 1 unspecified atom stereocenters. The van der Waals surface area contributed by atoms with Crippen molar-refractivity contribution in [2.75, 3.05) is 11.5 Å². The molecule has 0 aromatic heterocycles. The first-order chi connectivity index (χ1) is 9.55. The van der Waals surface area contributed by atoms with Gasteiger partial charge in [0.15, 0.2) is 0 Å². The van der Waals surface area contributed by atoms with E-state index in [1.54, 1.807) is 0 Å². The van der Waals surface area contributed by atoms with Crippen molar-refractivity contribution in [1.29, 1.82) is 4.78 Å². The van der Waals surface area contributed by atoms with Gasteiger partial charge in [-0.25, -0.2) is 4.21 Å². The third kappa shape index (κ3) is 9.20. The average molecular weight is 314 g/mol. The van der Waals surface area contributed by atoms with Gasteiger partial charge in [0.25, 0.3) is 0 Å². The molecule has 21 heavy (non-hydrogen) atoms. The zero-order valence-electron chi connectivity index (χ0n) is 13.0. The molecule has 0 aromatic carbocycles. The van der Waals surface area contributed by atoms with E-state index in [9.17, 15) is 9.00 Å². The third-order valence-corrected chi connectivity index (χ3v) is 4.75. The molecule has 0 saturated heterocycles. The molecule has 0 aromatic rings. The minimum absolute atomic E-state index is 0.0146. The molecular formula is C15H26N2O3S. The summed E-state index contributed by atoms with van der Waals surface area (Å²) in [5.74, 6) is -0.902. The van der Waals surface area contributed by atoms with E-state index in [4.69, 9.17) is 15.6 Å². The van der Waals surface area contributed by atoms with Crippen molar-refractivity contribution < 1.29 is 14.1 Å². The van der Waals surface area contributed by atoms with Gasteiger partial charge in [0.2, 0.25) is 0 Å². The second-order valence-corrected chi connectivity index (χ2v) is 7.85. The Kier molecular flexibility index (Phi) is 8.21. The number of aliphatic carboxylic acids is 1. The summed E-state index contributed by atoms with van der Waals surface area (Å²) in [6, 6.07) is -1.05. The summed E-state index contributed by atoms with van der Waals surface area (Å²) >= 11 is 0. The number of carboxylic acids is 1. The summed E-state index contributed by atoms with van der Waals surface area (Å²) in [4.78, 5) is 10.6. The van der Waals surface area contributed by atoms with Gasteiger partial charge in [0.05, 0.1) is 0 Å². The average Bonchev–Trinajstić information content (AvgIpc) is 2.34. The van der Waals surface area contributed by atoms with Crippen molar-refractivity contribution in [3.8, 4) is 0 Å². The summed E-state index contributed by atoms with van der Waals surface area (Å²) in [6.07, 6.45) is 4.39. The Morgan fingerprint density at radius 1 is 1.33 bits per heavy atom. The molecule has 0 aliphatic heterocycles. The van der Waals surface area contributed by atoms with Crippen LogP contribution in [0.25, 0.3) is 0 Å². The molecule has 0 radical (unpaired) electrons. The Bertz CT molecular complexity index is 541. The fourth-order valence-corrected chi connectivity index (χ4v) is 2.95. The Morgan fingerprint density at radius 2 is 1.90 bits per heavy atom. The number of carbonyl (C=O) groups is 1. The molecular weight excluding hydrogens is 288 g/mol. The van der Waals surface area contributed by atoms with Crippen LogP contribution in [-0.4, -0.2) is 32.8 Å². The fourth-order valence-electron chi connectivity index (χ4n) is 1.56. The van der Waals surface area contributed by atoms with Crippen LogP contribution in [0.3, 0.4) is 0 Å². The summed E-state index contributed by atoms with van der Waals surface area (Å²) in [5, 5.41) is 8.69. The number of rotatable bonds is 9. The van der Waals surface area contributed by atoms with Crippen molar-refractivity contribution >= 4 is 15.7 Å². The number of hydrogen-bond acceptors (Lipinski definition) is 4. The molecule has 5 nitrogen and oxygen atoms in total. The van der Waals surface area contributed by atoms with E-state index in [2.05, 4.69) is 6.58 Å². The van der Waals surface area contributed by atoms with Crippen LogP contribution in [0, 0.1) is 4.78 Å². The van der Waals surface area contributed by atoms with Gasteiger partial charge < -0.3 is 10.8 Å². The normalized spacial score (nSPS) is 15.4. The maximum atomic E-state index is 12.1. The lowest BCUT2D eigenvalue weighted by Crippen LogP contribution is -2.32. The number of allylic oxidation sites excluding steroid dienone is 5. The Hall–Kier alpha value is -1.40. The number of hydrogen-bond donors (Lipinski definition) is 3. The molecule has 0 amide bonds. The maximum Gasteiger partial charge on any atom is 0.320 e. The standard InChI is InChI=1S/C15H26N2O3S/c1-11(2)5-6-13(12(3)4)7-9-21(17,20)10-8-14(16)15(18)19/h5-6,14,17H,1,7-10,16H2,2-4H3,(H,18,19)/b6-5-/t14-,21?/m0/s1. The molecule has 0 heterocycles. The minimum Gasteiger partial charge on any atom is -0.480 e. The first kappa shape index (κ1) is 19.6. The van der Waals surface area contributed by atoms with Gasteiger partial charge in [-0.2, -0.15) is 0 Å². The van der Waals surface area contributed by atoms with Gasteiger partial charge in [-0.05, 0) is 39.2 Å². The van der Waals surface area contributed by atoms with Crippen molar-refractivity contribution in [2.24, 2.45) is 5.73 Å². The molecule has 0 aliphatic rings. The van der Waals surface area contributed by atoms with E-state index < -0.39 is 21.7 Å². The first-order valence-electron chi connectivity index (χ1n) is 6.77. The monoisotopic (exact) mass is 314 g/mol. The van der Waals surface area contributed by atoms with Crippen molar-refractivity contribution in [1.82, 2.24) is 0 Å². The smallest absolute Gasteiger partial charge is 0.320 e. The summed E-state index contributed by atoms with van der Waals surface area (Å²) in [7, 11) is -2.81. The number of nitrogens with two attached hydrogens (primary N) is 1. The van der Waals surface area contributed by atoms with E-state index >= 15 is 0 Å². The highest BCUT2D eigenvalue weighted by Gasteiger charge is 2.15. The van der Waals surface area contributed by atoms with Crippen LogP contribution in [0.2, 0.25) is 0 Å². The quantitative estimate of drug-likeness (QED) is 0.569. The molecule has 6 heteroatoms. The number of nitrogens with one attached hydrogen (secondary N) is 1. The summed E-state index contributed by atoms with van der Waals surface area (Å²) in [5.41, 5.74) is 8.42. The SMILES string of the molecule is C=C(C)/C=C\C(CCS(=N)(=O)CC[C@H](N)C(=O)O)=C(C)C. The second kappa shape index (κ2) is 8.79. The van der Waals surface area contributed by atoms with E-state index in [1.807, 2.05) is 32.9 Å². The predicted molar refractivity (Wildman–Crippen MR) is 87.8 cm³/mol.